The highest BCUT2D eigenvalue weighted by Crippen LogP contribution is 2.33. The van der Waals surface area contributed by atoms with Crippen molar-refractivity contribution in [3.63, 3.8) is 0 Å². The van der Waals surface area contributed by atoms with E-state index >= 15 is 0 Å². The Balaban J connectivity index is 0.867. The van der Waals surface area contributed by atoms with E-state index in [1.54, 1.807) is 0 Å². The highest BCUT2D eigenvalue weighted by atomic mass is 14.8. The quantitative estimate of drug-likeness (QED) is 0.173. The van der Waals surface area contributed by atoms with Crippen LogP contribution < -0.4 is 0 Å². The molecule has 0 spiro atoms. The molecule has 11 aromatic rings. The molecular formula is C50H30N4. The number of aromatic nitrogens is 4. The van der Waals surface area contributed by atoms with E-state index in [4.69, 9.17) is 15.0 Å². The lowest BCUT2D eigenvalue weighted by molar-refractivity contribution is 1.37. The highest BCUT2D eigenvalue weighted by Gasteiger charge is 2.10. The van der Waals surface area contributed by atoms with Crippen molar-refractivity contribution >= 4 is 65.2 Å². The van der Waals surface area contributed by atoms with Gasteiger partial charge in [-0.05, 0) is 99.4 Å². The first-order valence-electron chi connectivity index (χ1n) is 18.2. The Labute approximate surface area is 311 Å². The molecule has 0 radical (unpaired) electrons. The minimum Gasteiger partial charge on any atom is -0.254 e. The summed E-state index contributed by atoms with van der Waals surface area (Å²) >= 11 is 0. The van der Waals surface area contributed by atoms with Gasteiger partial charge >= 0.3 is 0 Å². The number of pyridine rings is 4. The van der Waals surface area contributed by atoms with Gasteiger partial charge < -0.3 is 0 Å². The number of benzene rings is 7. The van der Waals surface area contributed by atoms with Crippen molar-refractivity contribution in [3.05, 3.63) is 182 Å². The highest BCUT2D eigenvalue weighted by molar-refractivity contribution is 6.03. The average Bonchev–Trinajstić information content (AvgIpc) is 3.25. The summed E-state index contributed by atoms with van der Waals surface area (Å²) in [7, 11) is 0. The predicted molar refractivity (Wildman–Crippen MR) is 224 cm³/mol. The van der Waals surface area contributed by atoms with E-state index in [0.29, 0.717) is 0 Å². The van der Waals surface area contributed by atoms with Crippen LogP contribution in [-0.4, -0.2) is 19.9 Å². The maximum absolute atomic E-state index is 5.09. The van der Waals surface area contributed by atoms with E-state index in [0.717, 1.165) is 99.3 Å². The summed E-state index contributed by atoms with van der Waals surface area (Å²) in [6.45, 7) is 0. The molecule has 0 amide bonds. The van der Waals surface area contributed by atoms with Crippen LogP contribution in [0.2, 0.25) is 0 Å². The second kappa shape index (κ2) is 12.1. The van der Waals surface area contributed by atoms with Gasteiger partial charge in [-0.25, -0.2) is 15.0 Å². The van der Waals surface area contributed by atoms with Crippen LogP contribution in [0.1, 0.15) is 0 Å². The van der Waals surface area contributed by atoms with Crippen LogP contribution in [0.15, 0.2) is 182 Å². The van der Waals surface area contributed by atoms with Crippen LogP contribution in [0.3, 0.4) is 0 Å². The van der Waals surface area contributed by atoms with Gasteiger partial charge in [0, 0.05) is 44.4 Å². The van der Waals surface area contributed by atoms with Crippen LogP contribution in [0, 0.1) is 0 Å². The van der Waals surface area contributed by atoms with Crippen molar-refractivity contribution in [2.24, 2.45) is 0 Å². The van der Waals surface area contributed by atoms with E-state index in [1.165, 1.54) is 10.8 Å². The molecule has 0 bridgehead atoms. The van der Waals surface area contributed by atoms with Crippen LogP contribution in [0.25, 0.3) is 110 Å². The maximum atomic E-state index is 5.09. The number of hydrogen-bond donors (Lipinski definition) is 0. The summed E-state index contributed by atoms with van der Waals surface area (Å²) in [4.78, 5) is 19.8. The lowest BCUT2D eigenvalue weighted by Crippen LogP contribution is -1.89. The summed E-state index contributed by atoms with van der Waals surface area (Å²) in [6.07, 6.45) is 1.83. The predicted octanol–water partition coefficient (Wildman–Crippen LogP) is 12.9. The molecule has 4 aromatic heterocycles. The van der Waals surface area contributed by atoms with Crippen molar-refractivity contribution in [1.82, 2.24) is 19.9 Å². The smallest absolute Gasteiger partial charge is 0.0972 e. The standard InChI is InChI=1S/C50H30N4/c1-2-5-34-26-39(12-7-31(34)4-1)46-23-18-42-29-37(16-21-44(42)52-46)38-17-22-45-43(30-38)19-24-47(53-45)40-13-10-36-28-41(14-11-35(36)27-40)48-20-15-33-9-8-32-6-3-25-51-49(32)50(33)54-48/h1-30H. The van der Waals surface area contributed by atoms with Gasteiger partial charge in [0.25, 0.3) is 0 Å². The molecule has 0 unspecified atom stereocenters. The minimum atomic E-state index is 0.928. The lowest BCUT2D eigenvalue weighted by atomic mass is 9.99. The van der Waals surface area contributed by atoms with Gasteiger partial charge in [0.15, 0.2) is 0 Å². The zero-order valence-electron chi connectivity index (χ0n) is 29.1. The molecule has 0 saturated heterocycles. The van der Waals surface area contributed by atoms with Crippen molar-refractivity contribution < 1.29 is 0 Å². The molecule has 54 heavy (non-hydrogen) atoms. The van der Waals surface area contributed by atoms with Gasteiger partial charge in [-0.2, -0.15) is 0 Å². The number of hydrogen-bond acceptors (Lipinski definition) is 4. The van der Waals surface area contributed by atoms with Crippen LogP contribution in [-0.2, 0) is 0 Å². The fourth-order valence-corrected chi connectivity index (χ4v) is 7.73. The first-order valence-corrected chi connectivity index (χ1v) is 18.2. The van der Waals surface area contributed by atoms with E-state index < -0.39 is 0 Å². The molecule has 0 fully saturated rings. The Hall–Kier alpha value is -7.30. The molecule has 0 aliphatic rings. The molecule has 0 aliphatic carbocycles. The molecule has 4 nitrogen and oxygen atoms in total. The Morgan fingerprint density at radius 2 is 0.667 bits per heavy atom. The van der Waals surface area contributed by atoms with Crippen LogP contribution in [0.5, 0.6) is 0 Å². The van der Waals surface area contributed by atoms with Crippen molar-refractivity contribution in [1.29, 1.82) is 0 Å². The van der Waals surface area contributed by atoms with Crippen LogP contribution >= 0.6 is 0 Å². The fourth-order valence-electron chi connectivity index (χ4n) is 7.73. The number of nitrogens with zero attached hydrogens (tertiary/aromatic N) is 4. The number of rotatable bonds is 4. The summed E-state index contributed by atoms with van der Waals surface area (Å²) in [6, 6.07) is 62.2. The van der Waals surface area contributed by atoms with E-state index in [1.807, 2.05) is 12.3 Å². The molecule has 11 rings (SSSR count). The first-order chi connectivity index (χ1) is 26.7. The third-order valence-corrected chi connectivity index (χ3v) is 10.6. The van der Waals surface area contributed by atoms with Gasteiger partial charge in [-0.1, -0.05) is 109 Å². The molecule has 0 saturated carbocycles. The summed E-state index contributed by atoms with van der Waals surface area (Å²) < 4.78 is 0. The summed E-state index contributed by atoms with van der Waals surface area (Å²) in [5, 5.41) is 9.20. The Kier molecular flexibility index (Phi) is 6.82. The van der Waals surface area contributed by atoms with Gasteiger partial charge in [0.05, 0.1) is 39.1 Å². The van der Waals surface area contributed by atoms with E-state index in [2.05, 4.69) is 175 Å². The zero-order valence-corrected chi connectivity index (χ0v) is 29.1. The summed E-state index contributed by atoms with van der Waals surface area (Å²) in [5.74, 6) is 0. The molecule has 0 N–H and O–H groups in total. The van der Waals surface area contributed by atoms with Crippen molar-refractivity contribution in [2.45, 2.75) is 0 Å². The fraction of sp³-hybridized carbons (Fsp3) is 0. The second-order valence-corrected chi connectivity index (χ2v) is 14.0. The molecule has 0 aliphatic heterocycles. The maximum Gasteiger partial charge on any atom is 0.0972 e. The molecule has 4 heteroatoms. The third kappa shape index (κ3) is 5.23. The average molecular weight is 687 g/mol. The summed E-state index contributed by atoms with van der Waals surface area (Å²) in [5.41, 5.74) is 12.3. The molecule has 250 valence electrons. The Morgan fingerprint density at radius 1 is 0.259 bits per heavy atom. The van der Waals surface area contributed by atoms with E-state index in [-0.39, 0.29) is 0 Å². The Morgan fingerprint density at radius 3 is 1.28 bits per heavy atom. The molecule has 0 atom stereocenters. The molecular weight excluding hydrogens is 657 g/mol. The molecule has 7 aromatic carbocycles. The third-order valence-electron chi connectivity index (χ3n) is 10.6. The SMILES string of the molecule is c1ccc2cc(-c3ccc4cc(-c5ccc6nc(-c7ccc8cc(-c9ccc%10ccc%11cccnc%11c%10n9)ccc8c7)ccc6c5)ccc4n3)ccc2c1. The minimum absolute atomic E-state index is 0.928. The first kappa shape index (κ1) is 30.3. The topological polar surface area (TPSA) is 51.6 Å². The monoisotopic (exact) mass is 686 g/mol. The van der Waals surface area contributed by atoms with Gasteiger partial charge in [0.2, 0.25) is 0 Å². The lowest BCUT2D eigenvalue weighted by Gasteiger charge is -2.10. The van der Waals surface area contributed by atoms with E-state index in [9.17, 15) is 0 Å². The van der Waals surface area contributed by atoms with Crippen molar-refractivity contribution in [2.75, 3.05) is 0 Å². The largest absolute Gasteiger partial charge is 0.254 e. The zero-order chi connectivity index (χ0) is 35.6. The van der Waals surface area contributed by atoms with Gasteiger partial charge in [-0.15, -0.1) is 0 Å². The normalized spacial score (nSPS) is 11.7. The second-order valence-electron chi connectivity index (χ2n) is 14.0. The number of fused-ring (bicyclic) bond motifs is 7. The molecule has 4 heterocycles. The Bertz CT molecular complexity index is 3290. The van der Waals surface area contributed by atoms with Crippen molar-refractivity contribution in [3.8, 4) is 44.9 Å². The van der Waals surface area contributed by atoms with Gasteiger partial charge in [-0.3, -0.25) is 4.98 Å². The van der Waals surface area contributed by atoms with Crippen LogP contribution in [0.4, 0.5) is 0 Å². The van der Waals surface area contributed by atoms with Gasteiger partial charge in [0.1, 0.15) is 0 Å².